The topological polar surface area (TPSA) is 3.24 Å². The van der Waals surface area contributed by atoms with E-state index in [2.05, 4.69) is 108 Å². The largest absolute Gasteiger partial charge is 0.336 e. The number of aryl methyl sites for hydroxylation is 2. The van der Waals surface area contributed by atoms with Gasteiger partial charge in [-0.1, -0.05) is 69.5 Å². The summed E-state index contributed by atoms with van der Waals surface area (Å²) in [7, 11) is 0. The highest BCUT2D eigenvalue weighted by atomic mass is 15.2. The molecule has 5 rings (SSSR count). The van der Waals surface area contributed by atoms with Gasteiger partial charge in [0.1, 0.15) is 0 Å². The van der Waals surface area contributed by atoms with Crippen molar-refractivity contribution in [1.82, 2.24) is 0 Å². The zero-order valence-corrected chi connectivity index (χ0v) is 22.3. The molecule has 1 saturated carbocycles. The number of rotatable bonds is 3. The highest BCUT2D eigenvalue weighted by molar-refractivity contribution is 5.85. The summed E-state index contributed by atoms with van der Waals surface area (Å²) >= 11 is 0. The maximum atomic E-state index is 2.56. The van der Waals surface area contributed by atoms with Crippen LogP contribution in [0.4, 0.5) is 11.4 Å². The zero-order valence-electron chi connectivity index (χ0n) is 22.3. The molecule has 0 bridgehead atoms. The fraction of sp³-hybridized carbons (Fsp3) is 0.455. The molecule has 1 heteroatoms. The highest BCUT2D eigenvalue weighted by Gasteiger charge is 2.38. The van der Waals surface area contributed by atoms with E-state index in [1.54, 1.807) is 5.56 Å². The SMILES string of the molecule is Cc1ccccc1N(c1cc2c(cc1C)-c1ccc(C3CCCCC3)cc1C2(C)C)C(C)(C)C. The third kappa shape index (κ3) is 3.78. The number of hydrogen-bond acceptors (Lipinski definition) is 1. The third-order valence-electron chi connectivity index (χ3n) is 8.36. The fourth-order valence-electron chi connectivity index (χ4n) is 6.49. The van der Waals surface area contributed by atoms with Gasteiger partial charge in [-0.15, -0.1) is 0 Å². The lowest BCUT2D eigenvalue weighted by atomic mass is 9.78. The van der Waals surface area contributed by atoms with Gasteiger partial charge in [-0.3, -0.25) is 0 Å². The van der Waals surface area contributed by atoms with Gasteiger partial charge in [-0.25, -0.2) is 0 Å². The Bertz CT molecular complexity index is 1220. The molecule has 34 heavy (non-hydrogen) atoms. The van der Waals surface area contributed by atoms with E-state index in [1.165, 1.54) is 76.9 Å². The summed E-state index contributed by atoms with van der Waals surface area (Å²) in [5, 5.41) is 0. The van der Waals surface area contributed by atoms with Crippen LogP contribution in [0.1, 0.15) is 100 Å². The lowest BCUT2D eigenvalue weighted by Crippen LogP contribution is -2.38. The molecule has 178 valence electrons. The predicted octanol–water partition coefficient (Wildman–Crippen LogP) is 9.59. The van der Waals surface area contributed by atoms with Crippen LogP contribution in [-0.2, 0) is 5.41 Å². The summed E-state index contributed by atoms with van der Waals surface area (Å²) in [6.45, 7) is 16.3. The van der Waals surface area contributed by atoms with Gasteiger partial charge in [-0.05, 0) is 111 Å². The van der Waals surface area contributed by atoms with Crippen molar-refractivity contribution >= 4 is 11.4 Å². The van der Waals surface area contributed by atoms with Gasteiger partial charge < -0.3 is 4.90 Å². The van der Waals surface area contributed by atoms with Crippen molar-refractivity contribution in [3.05, 3.63) is 82.4 Å². The summed E-state index contributed by atoms with van der Waals surface area (Å²) in [5.41, 5.74) is 12.7. The van der Waals surface area contributed by atoms with E-state index in [-0.39, 0.29) is 11.0 Å². The quantitative estimate of drug-likeness (QED) is 0.383. The van der Waals surface area contributed by atoms with E-state index in [9.17, 15) is 0 Å². The number of fused-ring (bicyclic) bond motifs is 3. The van der Waals surface area contributed by atoms with Gasteiger partial charge in [0, 0.05) is 22.3 Å². The van der Waals surface area contributed by atoms with E-state index in [0.29, 0.717) is 0 Å². The summed E-state index contributed by atoms with van der Waals surface area (Å²) < 4.78 is 0. The Labute approximate surface area is 207 Å². The minimum atomic E-state index is -0.0329. The number of benzene rings is 3. The molecule has 0 amide bonds. The normalized spacial score (nSPS) is 17.4. The Balaban J connectivity index is 1.64. The van der Waals surface area contributed by atoms with E-state index in [4.69, 9.17) is 0 Å². The van der Waals surface area contributed by atoms with Crippen molar-refractivity contribution in [1.29, 1.82) is 0 Å². The molecule has 0 aliphatic heterocycles. The number of hydrogen-bond donors (Lipinski definition) is 0. The fourth-order valence-corrected chi connectivity index (χ4v) is 6.49. The maximum Gasteiger partial charge on any atom is 0.0449 e. The van der Waals surface area contributed by atoms with E-state index >= 15 is 0 Å². The molecule has 0 heterocycles. The second-order valence-corrected chi connectivity index (χ2v) is 12.2. The van der Waals surface area contributed by atoms with Crippen LogP contribution in [0.2, 0.25) is 0 Å². The van der Waals surface area contributed by atoms with Crippen molar-refractivity contribution < 1.29 is 0 Å². The van der Waals surface area contributed by atoms with Crippen LogP contribution in [0, 0.1) is 13.8 Å². The van der Waals surface area contributed by atoms with Crippen molar-refractivity contribution in [2.24, 2.45) is 0 Å². The van der Waals surface area contributed by atoms with Crippen molar-refractivity contribution in [2.75, 3.05) is 4.90 Å². The van der Waals surface area contributed by atoms with Crippen LogP contribution in [-0.4, -0.2) is 5.54 Å². The van der Waals surface area contributed by atoms with E-state index in [1.807, 2.05) is 0 Å². The van der Waals surface area contributed by atoms with Crippen molar-refractivity contribution in [3.63, 3.8) is 0 Å². The Morgan fingerprint density at radius 1 is 0.735 bits per heavy atom. The molecular formula is C33H41N. The molecule has 1 nitrogen and oxygen atoms in total. The molecule has 0 N–H and O–H groups in total. The zero-order chi connectivity index (χ0) is 24.3. The van der Waals surface area contributed by atoms with Gasteiger partial charge in [0.25, 0.3) is 0 Å². The summed E-state index contributed by atoms with van der Waals surface area (Å²) in [6.07, 6.45) is 6.88. The molecule has 0 atom stereocenters. The first kappa shape index (κ1) is 23.2. The third-order valence-corrected chi connectivity index (χ3v) is 8.36. The molecule has 0 spiro atoms. The summed E-state index contributed by atoms with van der Waals surface area (Å²) in [4.78, 5) is 2.55. The van der Waals surface area contributed by atoms with Crippen molar-refractivity contribution in [2.45, 2.75) is 97.4 Å². The predicted molar refractivity (Wildman–Crippen MR) is 148 cm³/mol. The first-order valence-corrected chi connectivity index (χ1v) is 13.2. The number of anilines is 2. The van der Waals surface area contributed by atoms with Crippen LogP contribution < -0.4 is 4.90 Å². The Morgan fingerprint density at radius 2 is 1.41 bits per heavy atom. The van der Waals surface area contributed by atoms with Crippen LogP contribution >= 0.6 is 0 Å². The molecule has 2 aliphatic rings. The summed E-state index contributed by atoms with van der Waals surface area (Å²) in [5.74, 6) is 0.744. The monoisotopic (exact) mass is 451 g/mol. The number of para-hydroxylation sites is 1. The molecule has 3 aromatic carbocycles. The molecule has 3 aromatic rings. The minimum Gasteiger partial charge on any atom is -0.336 e. The summed E-state index contributed by atoms with van der Waals surface area (Å²) in [6, 6.07) is 21.2. The molecule has 1 fully saturated rings. The van der Waals surface area contributed by atoms with Gasteiger partial charge in [-0.2, -0.15) is 0 Å². The van der Waals surface area contributed by atoms with Gasteiger partial charge in [0.15, 0.2) is 0 Å². The lowest BCUT2D eigenvalue weighted by molar-refractivity contribution is 0.443. The molecular weight excluding hydrogens is 410 g/mol. The second-order valence-electron chi connectivity index (χ2n) is 12.2. The van der Waals surface area contributed by atoms with E-state index < -0.39 is 0 Å². The maximum absolute atomic E-state index is 2.56. The van der Waals surface area contributed by atoms with Crippen LogP contribution in [0.5, 0.6) is 0 Å². The van der Waals surface area contributed by atoms with Gasteiger partial charge in [0.05, 0.1) is 0 Å². The minimum absolute atomic E-state index is 0.00702. The second kappa shape index (κ2) is 8.29. The Hall–Kier alpha value is -2.54. The highest BCUT2D eigenvalue weighted by Crippen LogP contribution is 2.52. The van der Waals surface area contributed by atoms with E-state index in [0.717, 1.165) is 5.92 Å². The number of nitrogens with zero attached hydrogens (tertiary/aromatic N) is 1. The Morgan fingerprint density at radius 3 is 2.09 bits per heavy atom. The van der Waals surface area contributed by atoms with Crippen LogP contribution in [0.3, 0.4) is 0 Å². The first-order valence-electron chi connectivity index (χ1n) is 13.2. The lowest BCUT2D eigenvalue weighted by Gasteiger charge is -2.40. The van der Waals surface area contributed by atoms with Gasteiger partial charge >= 0.3 is 0 Å². The molecule has 0 unspecified atom stereocenters. The molecule has 0 aromatic heterocycles. The van der Waals surface area contributed by atoms with Crippen molar-refractivity contribution in [3.8, 4) is 11.1 Å². The first-order chi connectivity index (χ1) is 16.1. The molecule has 2 aliphatic carbocycles. The van der Waals surface area contributed by atoms with Crippen LogP contribution in [0.15, 0.2) is 54.6 Å². The Kier molecular flexibility index (Phi) is 5.66. The molecule has 0 radical (unpaired) electrons. The average molecular weight is 452 g/mol. The smallest absolute Gasteiger partial charge is 0.0449 e. The van der Waals surface area contributed by atoms with Crippen LogP contribution in [0.25, 0.3) is 11.1 Å². The average Bonchev–Trinajstić information content (AvgIpc) is 3.01. The molecule has 0 saturated heterocycles. The standard InChI is InChI=1S/C33H41N/c1-22-13-11-12-16-30(22)34(32(3,4)5)31-21-29-27(19-23(31)2)26-18-17-25(20-28(26)33(29,6)7)24-14-9-8-10-15-24/h11-13,16-21,24H,8-10,14-15H2,1-7H3. The van der Waals surface area contributed by atoms with Gasteiger partial charge in [0.2, 0.25) is 0 Å².